The van der Waals surface area contributed by atoms with Crippen molar-refractivity contribution in [2.24, 2.45) is 11.0 Å². The summed E-state index contributed by atoms with van der Waals surface area (Å²) in [6, 6.07) is 0.223. The highest BCUT2D eigenvalue weighted by atomic mass is 16.5. The molecule has 3 aliphatic rings. The van der Waals surface area contributed by atoms with Crippen LogP contribution >= 0.6 is 0 Å². The molecular formula is C21H26N4O2. The molecule has 2 heterocycles. The van der Waals surface area contributed by atoms with Gasteiger partial charge in [-0.1, -0.05) is 37.6 Å². The number of aliphatic hydroxyl groups is 1. The zero-order valence-corrected chi connectivity index (χ0v) is 15.7. The Morgan fingerprint density at radius 1 is 1.33 bits per heavy atom. The monoisotopic (exact) mass is 366 g/mol. The Labute approximate surface area is 159 Å². The van der Waals surface area contributed by atoms with E-state index in [4.69, 9.17) is 10.2 Å². The van der Waals surface area contributed by atoms with E-state index in [0.717, 1.165) is 29.8 Å². The number of hydrazone groups is 1. The lowest BCUT2D eigenvalue weighted by Crippen LogP contribution is -2.33. The molecule has 4 rings (SSSR count). The van der Waals surface area contributed by atoms with Gasteiger partial charge in [0.05, 0.1) is 17.4 Å². The maximum Gasteiger partial charge on any atom is 0.133 e. The summed E-state index contributed by atoms with van der Waals surface area (Å²) in [5, 5.41) is 23.0. The first-order valence-electron chi connectivity index (χ1n) is 9.60. The van der Waals surface area contributed by atoms with Crippen LogP contribution in [0.5, 0.6) is 0 Å². The number of hydroxylamine groups is 1. The number of aliphatic hydroxyl groups excluding tert-OH is 1. The normalized spacial score (nSPS) is 26.4. The molecule has 1 aliphatic heterocycles. The predicted molar refractivity (Wildman–Crippen MR) is 106 cm³/mol. The topological polar surface area (TPSA) is 89.8 Å². The van der Waals surface area contributed by atoms with E-state index >= 15 is 0 Å². The first kappa shape index (κ1) is 18.1. The fraction of sp³-hybridized carbons (Fsp3) is 0.429. The highest BCUT2D eigenvalue weighted by Crippen LogP contribution is 2.38. The Balaban J connectivity index is 1.76. The summed E-state index contributed by atoms with van der Waals surface area (Å²) in [4.78, 5) is 5.04. The number of pyridine rings is 1. The molecular weight excluding hydrogens is 340 g/mol. The van der Waals surface area contributed by atoms with Gasteiger partial charge in [-0.3, -0.25) is 0 Å². The van der Waals surface area contributed by atoms with Crippen LogP contribution in [-0.2, 0) is 6.42 Å². The van der Waals surface area contributed by atoms with Crippen molar-refractivity contribution in [2.45, 2.75) is 51.3 Å². The Kier molecular flexibility index (Phi) is 4.95. The van der Waals surface area contributed by atoms with Gasteiger partial charge < -0.3 is 15.7 Å². The van der Waals surface area contributed by atoms with Crippen molar-refractivity contribution in [2.75, 3.05) is 0 Å². The number of aromatic nitrogens is 1. The van der Waals surface area contributed by atoms with Gasteiger partial charge in [-0.05, 0) is 48.1 Å². The van der Waals surface area contributed by atoms with E-state index in [0.29, 0.717) is 6.42 Å². The Morgan fingerprint density at radius 2 is 2.19 bits per heavy atom. The lowest BCUT2D eigenvalue weighted by Gasteiger charge is -2.27. The van der Waals surface area contributed by atoms with Crippen LogP contribution < -0.4 is 10.9 Å². The number of hydrogen-bond donors (Lipinski definition) is 4. The molecule has 1 aromatic rings. The van der Waals surface area contributed by atoms with Crippen LogP contribution in [0.2, 0.25) is 0 Å². The van der Waals surface area contributed by atoms with Crippen molar-refractivity contribution in [3.8, 4) is 0 Å². The number of fused-ring (bicyclic) bond motifs is 3. The third-order valence-corrected chi connectivity index (χ3v) is 5.74. The molecule has 4 atom stereocenters. The molecule has 0 spiro atoms. The third kappa shape index (κ3) is 3.14. The lowest BCUT2D eigenvalue weighted by molar-refractivity contribution is -0.0218. The second-order valence-electron chi connectivity index (χ2n) is 7.42. The number of rotatable bonds is 5. The predicted octanol–water partition coefficient (Wildman–Crippen LogP) is 2.67. The van der Waals surface area contributed by atoms with Crippen molar-refractivity contribution in [1.82, 2.24) is 15.9 Å². The van der Waals surface area contributed by atoms with Gasteiger partial charge in [-0.2, -0.15) is 10.6 Å². The van der Waals surface area contributed by atoms with E-state index in [1.165, 1.54) is 16.7 Å². The molecule has 6 heteroatoms. The van der Waals surface area contributed by atoms with Gasteiger partial charge in [0.15, 0.2) is 0 Å². The third-order valence-electron chi connectivity index (χ3n) is 5.74. The number of nitrogens with zero attached hydrogens (tertiary/aromatic N) is 2. The second kappa shape index (κ2) is 7.38. The zero-order chi connectivity index (χ0) is 19.0. The minimum absolute atomic E-state index is 0.145. The lowest BCUT2D eigenvalue weighted by atomic mass is 9.81. The molecule has 0 bridgehead atoms. The van der Waals surface area contributed by atoms with Crippen LogP contribution in [0, 0.1) is 12.8 Å². The molecule has 142 valence electrons. The minimum atomic E-state index is -0.957. The minimum Gasteiger partial charge on any atom is -0.376 e. The van der Waals surface area contributed by atoms with Gasteiger partial charge in [0.2, 0.25) is 0 Å². The van der Waals surface area contributed by atoms with E-state index in [2.05, 4.69) is 42.6 Å². The second-order valence-corrected chi connectivity index (χ2v) is 7.42. The number of nitrogens with one attached hydrogen (secondary N) is 2. The zero-order valence-electron chi connectivity index (χ0n) is 15.7. The van der Waals surface area contributed by atoms with Crippen LogP contribution in [0.15, 0.2) is 29.4 Å². The van der Waals surface area contributed by atoms with Crippen LogP contribution in [0.4, 0.5) is 0 Å². The summed E-state index contributed by atoms with van der Waals surface area (Å²) in [6.07, 6.45) is 14.0. The first-order chi connectivity index (χ1) is 13.1. The van der Waals surface area contributed by atoms with Gasteiger partial charge in [-0.25, -0.2) is 4.98 Å². The van der Waals surface area contributed by atoms with Crippen molar-refractivity contribution < 1.29 is 10.3 Å². The van der Waals surface area contributed by atoms with Gasteiger partial charge >= 0.3 is 0 Å². The molecule has 0 radical (unpaired) electrons. The fourth-order valence-electron chi connectivity index (χ4n) is 4.26. The molecule has 2 aliphatic carbocycles. The largest absolute Gasteiger partial charge is 0.376 e. The van der Waals surface area contributed by atoms with Gasteiger partial charge in [0.1, 0.15) is 6.23 Å². The maximum absolute atomic E-state index is 9.78. The summed E-state index contributed by atoms with van der Waals surface area (Å²) in [7, 11) is 0. The van der Waals surface area contributed by atoms with E-state index in [-0.39, 0.29) is 17.9 Å². The van der Waals surface area contributed by atoms with E-state index < -0.39 is 6.23 Å². The van der Waals surface area contributed by atoms with Crippen LogP contribution in [0.1, 0.15) is 53.8 Å². The molecule has 4 N–H and O–H groups in total. The first-order valence-corrected chi connectivity index (χ1v) is 9.60. The molecule has 4 unspecified atom stereocenters. The Bertz CT molecular complexity index is 856. The molecule has 0 fully saturated rings. The summed E-state index contributed by atoms with van der Waals surface area (Å²) in [5.41, 5.74) is 12.1. The van der Waals surface area contributed by atoms with Crippen LogP contribution in [0.3, 0.4) is 0 Å². The highest BCUT2D eigenvalue weighted by Gasteiger charge is 2.32. The average molecular weight is 366 g/mol. The maximum atomic E-state index is 9.78. The molecule has 0 aromatic carbocycles. The molecule has 0 amide bonds. The van der Waals surface area contributed by atoms with Crippen molar-refractivity contribution in [3.05, 3.63) is 52.4 Å². The molecule has 27 heavy (non-hydrogen) atoms. The highest BCUT2D eigenvalue weighted by molar-refractivity contribution is 5.81. The molecule has 1 aromatic heterocycles. The summed E-state index contributed by atoms with van der Waals surface area (Å²) >= 11 is 0. The summed E-state index contributed by atoms with van der Waals surface area (Å²) in [5.74, 6) is 0.0988. The van der Waals surface area contributed by atoms with E-state index in [9.17, 15) is 5.11 Å². The van der Waals surface area contributed by atoms with E-state index in [1.54, 1.807) is 0 Å². The Hall–Kier alpha value is -2.28. The number of allylic oxidation sites excluding steroid dienone is 3. The van der Waals surface area contributed by atoms with Crippen molar-refractivity contribution >= 4 is 17.9 Å². The standard InChI is InChI=1S/C21H26N4O2/c1-3-4-15-12(2)19-16-11-22-24-17(16)9-10-18(19)23-20(15)13-5-7-14(8-6-13)21(26)25-27/h5-7,9-11,14,16-17,21,24-27H,3-4,8H2,1-2H3. The smallest absolute Gasteiger partial charge is 0.133 e. The van der Waals surface area contributed by atoms with E-state index in [1.807, 2.05) is 23.8 Å². The van der Waals surface area contributed by atoms with Gasteiger partial charge in [0.25, 0.3) is 0 Å². The summed E-state index contributed by atoms with van der Waals surface area (Å²) < 4.78 is 0. The van der Waals surface area contributed by atoms with Crippen molar-refractivity contribution in [3.63, 3.8) is 0 Å². The quantitative estimate of drug-likeness (QED) is 0.475. The van der Waals surface area contributed by atoms with Crippen molar-refractivity contribution in [1.29, 1.82) is 0 Å². The van der Waals surface area contributed by atoms with Gasteiger partial charge in [-0.15, -0.1) is 0 Å². The fourth-order valence-corrected chi connectivity index (χ4v) is 4.26. The molecule has 6 nitrogen and oxygen atoms in total. The van der Waals surface area contributed by atoms with Gasteiger partial charge in [0, 0.05) is 18.1 Å². The molecule has 0 saturated carbocycles. The average Bonchev–Trinajstić information content (AvgIpc) is 3.18. The Morgan fingerprint density at radius 3 is 2.89 bits per heavy atom. The SMILES string of the molecule is CCCc1c(C2=CCC(C(O)NO)C=C2)nc2c(c1C)C1C=NNC1C=C2. The van der Waals surface area contributed by atoms with Crippen LogP contribution in [-0.4, -0.2) is 33.8 Å². The molecule has 0 saturated heterocycles. The summed E-state index contributed by atoms with van der Waals surface area (Å²) in [6.45, 7) is 4.39. The number of hydrogen-bond acceptors (Lipinski definition) is 6. The van der Waals surface area contributed by atoms with Crippen LogP contribution in [0.25, 0.3) is 11.6 Å².